The Morgan fingerprint density at radius 2 is 2.00 bits per heavy atom. The van der Waals surface area contributed by atoms with Crippen LogP contribution in [0.2, 0.25) is 0 Å². The maximum absolute atomic E-state index is 10.9. The number of likely N-dealkylation sites (tertiary alicyclic amines) is 1. The van der Waals surface area contributed by atoms with E-state index >= 15 is 0 Å². The zero-order chi connectivity index (χ0) is 12.8. The molecule has 1 aliphatic heterocycles. The van der Waals surface area contributed by atoms with E-state index in [2.05, 4.69) is 5.32 Å². The van der Waals surface area contributed by atoms with Crippen molar-refractivity contribution in [3.63, 3.8) is 0 Å². The first-order valence-corrected chi connectivity index (χ1v) is 5.86. The number of aliphatic hydroxyl groups is 1. The number of nitrogens with one attached hydrogen (secondary N) is 1. The highest BCUT2D eigenvalue weighted by molar-refractivity contribution is 5.73. The van der Waals surface area contributed by atoms with E-state index in [0.717, 1.165) is 25.9 Å². The summed E-state index contributed by atoms with van der Waals surface area (Å²) >= 11 is 0. The second-order valence-electron chi connectivity index (χ2n) is 4.53. The molecule has 3 N–H and O–H groups in total. The Hall–Kier alpha value is -1.14. The molecule has 0 spiro atoms. The highest BCUT2D eigenvalue weighted by Gasteiger charge is 2.22. The SMILES string of the molecule is CC(=O)NC1CCN(CC(O)CC(=O)O)CC1. The lowest BCUT2D eigenvalue weighted by molar-refractivity contribution is -0.139. The summed E-state index contributed by atoms with van der Waals surface area (Å²) in [5, 5.41) is 20.9. The zero-order valence-electron chi connectivity index (χ0n) is 10.1. The van der Waals surface area contributed by atoms with E-state index in [1.54, 1.807) is 0 Å². The van der Waals surface area contributed by atoms with Crippen LogP contribution in [0.1, 0.15) is 26.2 Å². The lowest BCUT2D eigenvalue weighted by Crippen LogP contribution is -2.46. The molecule has 0 aromatic rings. The monoisotopic (exact) mass is 244 g/mol. The van der Waals surface area contributed by atoms with Crippen molar-refractivity contribution in [2.45, 2.75) is 38.3 Å². The third-order valence-corrected chi connectivity index (χ3v) is 2.87. The maximum Gasteiger partial charge on any atom is 0.306 e. The largest absolute Gasteiger partial charge is 0.481 e. The number of carboxylic acids is 1. The van der Waals surface area contributed by atoms with Gasteiger partial charge in [-0.2, -0.15) is 0 Å². The number of carboxylic acid groups (broad SMARTS) is 1. The number of carbonyl (C=O) groups is 2. The topological polar surface area (TPSA) is 89.9 Å². The molecule has 1 unspecified atom stereocenters. The molecule has 1 fully saturated rings. The van der Waals surface area contributed by atoms with E-state index in [1.807, 2.05) is 4.90 Å². The van der Waals surface area contributed by atoms with Crippen LogP contribution in [0.5, 0.6) is 0 Å². The van der Waals surface area contributed by atoms with E-state index in [9.17, 15) is 14.7 Å². The first kappa shape index (κ1) is 13.9. The summed E-state index contributed by atoms with van der Waals surface area (Å²) in [4.78, 5) is 23.3. The molecule has 1 rings (SSSR count). The number of amides is 1. The van der Waals surface area contributed by atoms with Gasteiger partial charge in [0.05, 0.1) is 12.5 Å². The molecule has 17 heavy (non-hydrogen) atoms. The fraction of sp³-hybridized carbons (Fsp3) is 0.818. The normalized spacial score (nSPS) is 19.9. The predicted octanol–water partition coefficient (Wildman–Crippen LogP) is -0.577. The van der Waals surface area contributed by atoms with Crippen LogP contribution in [0, 0.1) is 0 Å². The molecule has 0 aliphatic carbocycles. The van der Waals surface area contributed by atoms with Crippen LogP contribution in [0.25, 0.3) is 0 Å². The molecular weight excluding hydrogens is 224 g/mol. The van der Waals surface area contributed by atoms with Crippen LogP contribution in [0.15, 0.2) is 0 Å². The number of hydrogen-bond acceptors (Lipinski definition) is 4. The second kappa shape index (κ2) is 6.56. The van der Waals surface area contributed by atoms with Crippen LogP contribution >= 0.6 is 0 Å². The number of rotatable bonds is 5. The van der Waals surface area contributed by atoms with Gasteiger partial charge in [-0.1, -0.05) is 0 Å². The summed E-state index contributed by atoms with van der Waals surface area (Å²) in [6.45, 7) is 3.45. The number of piperidine rings is 1. The van der Waals surface area contributed by atoms with Crippen molar-refractivity contribution in [3.05, 3.63) is 0 Å². The Balaban J connectivity index is 2.22. The number of aliphatic carboxylic acids is 1. The van der Waals surface area contributed by atoms with Gasteiger partial charge in [0.15, 0.2) is 0 Å². The molecule has 0 saturated carbocycles. The minimum Gasteiger partial charge on any atom is -0.481 e. The first-order valence-electron chi connectivity index (χ1n) is 5.86. The number of hydrogen-bond donors (Lipinski definition) is 3. The molecule has 98 valence electrons. The van der Waals surface area contributed by atoms with Crippen LogP contribution in [0.3, 0.4) is 0 Å². The van der Waals surface area contributed by atoms with Gasteiger partial charge in [0.25, 0.3) is 0 Å². The summed E-state index contributed by atoms with van der Waals surface area (Å²) in [6, 6.07) is 0.209. The number of β-amino-alcohol motifs (C(OH)–C–C–N with tert-alkyl or cyclic N) is 1. The minimum absolute atomic E-state index is 0.0191. The van der Waals surface area contributed by atoms with Crippen LogP contribution in [-0.4, -0.2) is 58.8 Å². The van der Waals surface area contributed by atoms with Gasteiger partial charge < -0.3 is 20.4 Å². The second-order valence-corrected chi connectivity index (χ2v) is 4.53. The summed E-state index contributed by atoms with van der Waals surface area (Å²) < 4.78 is 0. The fourth-order valence-electron chi connectivity index (χ4n) is 2.11. The van der Waals surface area contributed by atoms with Crippen molar-refractivity contribution in [1.82, 2.24) is 10.2 Å². The van der Waals surface area contributed by atoms with Gasteiger partial charge in [0.1, 0.15) is 0 Å². The average Bonchev–Trinajstić information content (AvgIpc) is 2.18. The Labute approximate surface area is 101 Å². The maximum atomic E-state index is 10.9. The molecule has 1 saturated heterocycles. The molecule has 0 bridgehead atoms. The van der Waals surface area contributed by atoms with E-state index in [4.69, 9.17) is 5.11 Å². The van der Waals surface area contributed by atoms with Gasteiger partial charge >= 0.3 is 5.97 Å². The van der Waals surface area contributed by atoms with E-state index < -0.39 is 12.1 Å². The minimum atomic E-state index is -0.981. The molecule has 0 aromatic carbocycles. The standard InChI is InChI=1S/C11H20N2O4/c1-8(14)12-9-2-4-13(5-3-9)7-10(15)6-11(16)17/h9-10,15H,2-7H2,1H3,(H,12,14)(H,16,17). The smallest absolute Gasteiger partial charge is 0.306 e. The van der Waals surface area contributed by atoms with Crippen molar-refractivity contribution in [1.29, 1.82) is 0 Å². The van der Waals surface area contributed by atoms with E-state index in [-0.39, 0.29) is 18.4 Å². The van der Waals surface area contributed by atoms with Crippen molar-refractivity contribution in [3.8, 4) is 0 Å². The molecule has 1 atom stereocenters. The number of nitrogens with zero attached hydrogens (tertiary/aromatic N) is 1. The highest BCUT2D eigenvalue weighted by atomic mass is 16.4. The molecule has 0 aromatic heterocycles. The lowest BCUT2D eigenvalue weighted by Gasteiger charge is -2.33. The first-order chi connectivity index (χ1) is 7.97. The molecule has 1 amide bonds. The van der Waals surface area contributed by atoms with Crippen molar-refractivity contribution in [2.75, 3.05) is 19.6 Å². The third kappa shape index (κ3) is 5.65. The predicted molar refractivity (Wildman–Crippen MR) is 61.5 cm³/mol. The molecule has 6 heteroatoms. The van der Waals surface area contributed by atoms with E-state index in [1.165, 1.54) is 6.92 Å². The molecule has 0 radical (unpaired) electrons. The van der Waals surface area contributed by atoms with Crippen molar-refractivity contribution < 1.29 is 19.8 Å². The fourth-order valence-corrected chi connectivity index (χ4v) is 2.11. The van der Waals surface area contributed by atoms with Gasteiger partial charge in [-0.05, 0) is 12.8 Å². The number of aliphatic hydroxyl groups excluding tert-OH is 1. The molecule has 1 aliphatic rings. The van der Waals surface area contributed by atoms with Gasteiger partial charge in [-0.25, -0.2) is 0 Å². The Morgan fingerprint density at radius 3 is 2.47 bits per heavy atom. The summed E-state index contributed by atoms with van der Waals surface area (Å²) in [5.41, 5.74) is 0. The van der Waals surface area contributed by atoms with Crippen LogP contribution in [-0.2, 0) is 9.59 Å². The molecule has 1 heterocycles. The van der Waals surface area contributed by atoms with Gasteiger partial charge in [-0.15, -0.1) is 0 Å². The lowest BCUT2D eigenvalue weighted by atomic mass is 10.0. The van der Waals surface area contributed by atoms with Gasteiger partial charge in [0, 0.05) is 32.6 Å². The Kier molecular flexibility index (Phi) is 5.37. The van der Waals surface area contributed by atoms with Crippen LogP contribution < -0.4 is 5.32 Å². The summed E-state index contributed by atoms with van der Waals surface area (Å²) in [5.74, 6) is -1.00. The molecule has 6 nitrogen and oxygen atoms in total. The van der Waals surface area contributed by atoms with Crippen LogP contribution in [0.4, 0.5) is 0 Å². The van der Waals surface area contributed by atoms with Crippen molar-refractivity contribution in [2.24, 2.45) is 0 Å². The highest BCUT2D eigenvalue weighted by Crippen LogP contribution is 2.11. The van der Waals surface area contributed by atoms with Gasteiger partial charge in [0.2, 0.25) is 5.91 Å². The summed E-state index contributed by atoms with van der Waals surface area (Å²) in [6.07, 6.45) is 0.662. The number of carbonyl (C=O) groups excluding carboxylic acids is 1. The van der Waals surface area contributed by atoms with Crippen molar-refractivity contribution >= 4 is 11.9 Å². The summed E-state index contributed by atoms with van der Waals surface area (Å²) in [7, 11) is 0. The third-order valence-electron chi connectivity index (χ3n) is 2.87. The van der Waals surface area contributed by atoms with Gasteiger partial charge in [-0.3, -0.25) is 9.59 Å². The zero-order valence-corrected chi connectivity index (χ0v) is 10.1. The quantitative estimate of drug-likeness (QED) is 0.602. The Bertz CT molecular complexity index is 275. The van der Waals surface area contributed by atoms with E-state index in [0.29, 0.717) is 6.54 Å². The Morgan fingerprint density at radius 1 is 1.41 bits per heavy atom. The molecular formula is C11H20N2O4. The average molecular weight is 244 g/mol.